The summed E-state index contributed by atoms with van der Waals surface area (Å²) in [7, 11) is 0. The van der Waals surface area contributed by atoms with Crippen LogP contribution in [0.4, 0.5) is 5.69 Å². The molecule has 1 aliphatic heterocycles. The van der Waals surface area contributed by atoms with Crippen molar-refractivity contribution in [2.75, 3.05) is 5.73 Å². The van der Waals surface area contributed by atoms with Gasteiger partial charge >= 0.3 is 0 Å². The van der Waals surface area contributed by atoms with E-state index in [4.69, 9.17) is 10.5 Å². The third-order valence-corrected chi connectivity index (χ3v) is 2.70. The molecule has 15 heavy (non-hydrogen) atoms. The molecule has 1 heterocycles. The normalized spacial score (nSPS) is 12.5. The van der Waals surface area contributed by atoms with Gasteiger partial charge in [-0.2, -0.15) is 0 Å². The molecule has 0 unspecified atom stereocenters. The Bertz CT molecular complexity index is 520. The highest BCUT2D eigenvalue weighted by atomic mass is 16.5. The molecule has 0 bridgehead atoms. The number of anilines is 1. The molecule has 2 heteroatoms. The average molecular weight is 197 g/mol. The van der Waals surface area contributed by atoms with Crippen molar-refractivity contribution in [1.82, 2.24) is 0 Å². The third-order valence-electron chi connectivity index (χ3n) is 2.70. The quantitative estimate of drug-likeness (QED) is 0.659. The number of benzene rings is 2. The number of nitrogen functional groups attached to an aromatic ring is 1. The average Bonchev–Trinajstić information content (AvgIpc) is 2.28. The van der Waals surface area contributed by atoms with Crippen LogP contribution in [0.5, 0.6) is 5.75 Å². The van der Waals surface area contributed by atoms with Crippen molar-refractivity contribution in [2.45, 2.75) is 6.61 Å². The summed E-state index contributed by atoms with van der Waals surface area (Å²) in [5, 5.41) is 0. The third kappa shape index (κ3) is 1.26. The molecule has 1 aliphatic rings. The van der Waals surface area contributed by atoms with E-state index in [1.54, 1.807) is 0 Å². The second-order valence-corrected chi connectivity index (χ2v) is 3.70. The molecule has 3 rings (SSSR count). The van der Waals surface area contributed by atoms with Crippen molar-refractivity contribution in [2.24, 2.45) is 0 Å². The van der Waals surface area contributed by atoms with E-state index >= 15 is 0 Å². The van der Waals surface area contributed by atoms with E-state index in [0.717, 1.165) is 17.0 Å². The van der Waals surface area contributed by atoms with Crippen LogP contribution >= 0.6 is 0 Å². The topological polar surface area (TPSA) is 35.2 Å². The van der Waals surface area contributed by atoms with Crippen molar-refractivity contribution < 1.29 is 4.74 Å². The predicted molar refractivity (Wildman–Crippen MR) is 60.6 cm³/mol. The van der Waals surface area contributed by atoms with Crippen LogP contribution in [0.15, 0.2) is 42.5 Å². The summed E-state index contributed by atoms with van der Waals surface area (Å²) in [6, 6.07) is 14.1. The highest BCUT2D eigenvalue weighted by Gasteiger charge is 2.15. The summed E-state index contributed by atoms with van der Waals surface area (Å²) in [5.41, 5.74) is 10.1. The number of nitrogens with two attached hydrogens (primary N) is 1. The van der Waals surface area contributed by atoms with Crippen LogP contribution in [0.25, 0.3) is 11.1 Å². The molecule has 2 aromatic carbocycles. The molecule has 0 atom stereocenters. The number of hydrogen-bond acceptors (Lipinski definition) is 2. The Morgan fingerprint density at radius 1 is 1.00 bits per heavy atom. The minimum absolute atomic E-state index is 0.632. The lowest BCUT2D eigenvalue weighted by molar-refractivity contribution is 0.302. The molecule has 0 aromatic heterocycles. The van der Waals surface area contributed by atoms with Gasteiger partial charge in [-0.1, -0.05) is 24.3 Å². The fourth-order valence-electron chi connectivity index (χ4n) is 1.95. The fraction of sp³-hybridized carbons (Fsp3) is 0.0769. The second kappa shape index (κ2) is 3.02. The van der Waals surface area contributed by atoms with Gasteiger partial charge in [-0.25, -0.2) is 0 Å². The minimum Gasteiger partial charge on any atom is -0.488 e. The molecule has 0 amide bonds. The smallest absolute Gasteiger partial charge is 0.129 e. The van der Waals surface area contributed by atoms with Gasteiger partial charge in [-0.15, -0.1) is 0 Å². The Kier molecular flexibility index (Phi) is 1.68. The van der Waals surface area contributed by atoms with Crippen molar-refractivity contribution in [3.8, 4) is 16.9 Å². The first kappa shape index (κ1) is 8.36. The molecule has 0 spiro atoms. The van der Waals surface area contributed by atoms with Gasteiger partial charge in [0.2, 0.25) is 0 Å². The van der Waals surface area contributed by atoms with Crippen LogP contribution in [-0.4, -0.2) is 0 Å². The van der Waals surface area contributed by atoms with E-state index < -0.39 is 0 Å². The van der Waals surface area contributed by atoms with Gasteiger partial charge in [0.1, 0.15) is 12.4 Å². The Balaban J connectivity index is 2.26. The maximum Gasteiger partial charge on any atom is 0.129 e. The van der Waals surface area contributed by atoms with Crippen LogP contribution in [0, 0.1) is 0 Å². The van der Waals surface area contributed by atoms with Crippen molar-refractivity contribution in [3.05, 3.63) is 48.0 Å². The summed E-state index contributed by atoms with van der Waals surface area (Å²) in [6.07, 6.45) is 0. The van der Waals surface area contributed by atoms with Crippen molar-refractivity contribution >= 4 is 5.69 Å². The molecule has 0 fully saturated rings. The number of ether oxygens (including phenoxy) is 1. The van der Waals surface area contributed by atoms with E-state index in [1.165, 1.54) is 11.1 Å². The number of hydrogen-bond donors (Lipinski definition) is 1. The minimum atomic E-state index is 0.632. The molecular formula is C13H11NO. The maximum atomic E-state index is 5.72. The number of rotatable bonds is 0. The Labute approximate surface area is 88.3 Å². The Morgan fingerprint density at radius 3 is 2.80 bits per heavy atom. The first-order chi connectivity index (χ1) is 7.34. The molecule has 0 saturated heterocycles. The summed E-state index contributed by atoms with van der Waals surface area (Å²) in [6.45, 7) is 0.632. The Hall–Kier alpha value is -1.96. The molecule has 2 N–H and O–H groups in total. The van der Waals surface area contributed by atoms with E-state index in [-0.39, 0.29) is 0 Å². The Morgan fingerprint density at radius 2 is 1.87 bits per heavy atom. The molecule has 0 saturated carbocycles. The SMILES string of the molecule is Nc1ccc2c(c1)OCc1ccccc1-2. The summed E-state index contributed by atoms with van der Waals surface area (Å²) in [5.74, 6) is 0.883. The zero-order valence-electron chi connectivity index (χ0n) is 8.23. The van der Waals surface area contributed by atoms with Gasteiger partial charge in [0.15, 0.2) is 0 Å². The van der Waals surface area contributed by atoms with E-state index in [1.807, 2.05) is 30.3 Å². The van der Waals surface area contributed by atoms with Gasteiger partial charge in [-0.05, 0) is 23.3 Å². The van der Waals surface area contributed by atoms with Gasteiger partial charge in [0.05, 0.1) is 0 Å². The molecule has 0 aliphatic carbocycles. The van der Waals surface area contributed by atoms with Crippen LogP contribution in [-0.2, 0) is 6.61 Å². The van der Waals surface area contributed by atoms with Crippen LogP contribution < -0.4 is 10.5 Å². The predicted octanol–water partition coefficient (Wildman–Crippen LogP) is 2.83. The molecule has 2 nitrogen and oxygen atoms in total. The number of fused-ring (bicyclic) bond motifs is 3. The monoisotopic (exact) mass is 197 g/mol. The van der Waals surface area contributed by atoms with E-state index in [9.17, 15) is 0 Å². The molecule has 2 aromatic rings. The summed E-state index contributed by atoms with van der Waals surface area (Å²) < 4.78 is 5.65. The van der Waals surface area contributed by atoms with Crippen molar-refractivity contribution in [3.63, 3.8) is 0 Å². The van der Waals surface area contributed by atoms with Gasteiger partial charge in [0.25, 0.3) is 0 Å². The lowest BCUT2D eigenvalue weighted by atomic mass is 9.97. The zero-order valence-corrected chi connectivity index (χ0v) is 8.23. The standard InChI is InChI=1S/C13H11NO/c14-10-5-6-12-11-4-2-1-3-9(11)8-15-13(12)7-10/h1-7H,8,14H2. The van der Waals surface area contributed by atoms with E-state index in [2.05, 4.69) is 12.1 Å². The first-order valence-electron chi connectivity index (χ1n) is 4.95. The van der Waals surface area contributed by atoms with E-state index in [0.29, 0.717) is 6.61 Å². The summed E-state index contributed by atoms with van der Waals surface area (Å²) >= 11 is 0. The fourth-order valence-corrected chi connectivity index (χ4v) is 1.95. The highest BCUT2D eigenvalue weighted by Crippen LogP contribution is 2.38. The summed E-state index contributed by atoms with van der Waals surface area (Å²) in [4.78, 5) is 0. The van der Waals surface area contributed by atoms with Crippen LogP contribution in [0.2, 0.25) is 0 Å². The highest BCUT2D eigenvalue weighted by molar-refractivity contribution is 5.76. The molecule has 0 radical (unpaired) electrons. The van der Waals surface area contributed by atoms with Crippen LogP contribution in [0.3, 0.4) is 0 Å². The van der Waals surface area contributed by atoms with Crippen LogP contribution in [0.1, 0.15) is 5.56 Å². The van der Waals surface area contributed by atoms with Gasteiger partial charge < -0.3 is 10.5 Å². The molecule has 74 valence electrons. The molecular weight excluding hydrogens is 186 g/mol. The first-order valence-corrected chi connectivity index (χ1v) is 4.95. The maximum absolute atomic E-state index is 5.72. The van der Waals surface area contributed by atoms with Gasteiger partial charge in [0, 0.05) is 17.3 Å². The van der Waals surface area contributed by atoms with Gasteiger partial charge in [-0.3, -0.25) is 0 Å². The largest absolute Gasteiger partial charge is 0.488 e. The lowest BCUT2D eigenvalue weighted by Crippen LogP contribution is -2.05. The lowest BCUT2D eigenvalue weighted by Gasteiger charge is -2.20. The zero-order chi connectivity index (χ0) is 10.3. The van der Waals surface area contributed by atoms with Crippen molar-refractivity contribution in [1.29, 1.82) is 0 Å². The second-order valence-electron chi connectivity index (χ2n) is 3.70.